The molecule has 28 heavy (non-hydrogen) atoms. The molecule has 148 valence electrons. The molecule has 0 N–H and O–H groups in total. The first-order chi connectivity index (χ1) is 13.1. The van der Waals surface area contributed by atoms with Crippen molar-refractivity contribution < 1.29 is 4.74 Å². The summed E-state index contributed by atoms with van der Waals surface area (Å²) in [7, 11) is 0. The highest BCUT2D eigenvalue weighted by Gasteiger charge is 2.21. The standard InChI is InChI=1S/C21H19Cl3N2O.ClH/c22-16-2-1-15(20(23)10-16)13-26-7-4-17(5-8-26)27-18-9-14-3-6-25-12-19(14)21(24)11-18;/h1-3,6,9-12,17H,4-5,7-8,13H2;1H. The van der Waals surface area contributed by atoms with Crippen LogP contribution < -0.4 is 4.74 Å². The van der Waals surface area contributed by atoms with Gasteiger partial charge in [-0.25, -0.2) is 0 Å². The molecular weight excluding hydrogens is 438 g/mol. The van der Waals surface area contributed by atoms with Crippen LogP contribution in [0.5, 0.6) is 5.75 Å². The van der Waals surface area contributed by atoms with Crippen LogP contribution in [0.2, 0.25) is 15.1 Å². The monoisotopic (exact) mass is 456 g/mol. The molecule has 1 saturated heterocycles. The molecule has 2 aromatic carbocycles. The molecule has 1 aromatic heterocycles. The Morgan fingerprint density at radius 1 is 1.00 bits per heavy atom. The highest BCUT2D eigenvalue weighted by Crippen LogP contribution is 2.30. The van der Waals surface area contributed by atoms with Gasteiger partial charge in [-0.2, -0.15) is 0 Å². The second-order valence-corrected chi connectivity index (χ2v) is 8.08. The maximum Gasteiger partial charge on any atom is 0.121 e. The highest BCUT2D eigenvalue weighted by molar-refractivity contribution is 6.35. The van der Waals surface area contributed by atoms with E-state index in [1.165, 1.54) is 0 Å². The molecule has 3 aromatic rings. The van der Waals surface area contributed by atoms with Crippen LogP contribution in [0.3, 0.4) is 0 Å². The summed E-state index contributed by atoms with van der Waals surface area (Å²) in [6.07, 6.45) is 5.68. The maximum absolute atomic E-state index is 6.37. The average Bonchev–Trinajstić information content (AvgIpc) is 2.66. The Balaban J connectivity index is 0.00000225. The van der Waals surface area contributed by atoms with Crippen molar-refractivity contribution in [2.45, 2.75) is 25.5 Å². The van der Waals surface area contributed by atoms with Crippen LogP contribution in [-0.4, -0.2) is 29.1 Å². The minimum Gasteiger partial charge on any atom is -0.490 e. The number of fused-ring (bicyclic) bond motifs is 1. The Labute approximate surface area is 186 Å². The topological polar surface area (TPSA) is 25.4 Å². The predicted molar refractivity (Wildman–Crippen MR) is 119 cm³/mol. The number of rotatable bonds is 4. The smallest absolute Gasteiger partial charge is 0.121 e. The molecule has 4 rings (SSSR count). The normalized spacial score (nSPS) is 15.4. The molecule has 2 heterocycles. The summed E-state index contributed by atoms with van der Waals surface area (Å²) in [5.41, 5.74) is 1.11. The van der Waals surface area contributed by atoms with Gasteiger partial charge in [0.15, 0.2) is 0 Å². The van der Waals surface area contributed by atoms with Gasteiger partial charge >= 0.3 is 0 Å². The first-order valence-electron chi connectivity index (χ1n) is 8.95. The summed E-state index contributed by atoms with van der Waals surface area (Å²) in [4.78, 5) is 6.52. The van der Waals surface area contributed by atoms with E-state index in [0.29, 0.717) is 10.0 Å². The number of aromatic nitrogens is 1. The van der Waals surface area contributed by atoms with Gasteiger partial charge in [0, 0.05) is 47.5 Å². The summed E-state index contributed by atoms with van der Waals surface area (Å²) in [6, 6.07) is 11.5. The van der Waals surface area contributed by atoms with E-state index in [2.05, 4.69) is 9.88 Å². The molecule has 0 radical (unpaired) electrons. The van der Waals surface area contributed by atoms with Crippen molar-refractivity contribution in [1.82, 2.24) is 9.88 Å². The van der Waals surface area contributed by atoms with Crippen molar-refractivity contribution >= 4 is 58.0 Å². The first-order valence-corrected chi connectivity index (χ1v) is 10.1. The second-order valence-electron chi connectivity index (χ2n) is 6.83. The summed E-state index contributed by atoms with van der Waals surface area (Å²) in [5, 5.41) is 4.05. The largest absolute Gasteiger partial charge is 0.490 e. The van der Waals surface area contributed by atoms with Crippen LogP contribution in [0.4, 0.5) is 0 Å². The highest BCUT2D eigenvalue weighted by atomic mass is 35.5. The van der Waals surface area contributed by atoms with Gasteiger partial charge in [-0.05, 0) is 54.1 Å². The summed E-state index contributed by atoms with van der Waals surface area (Å²) < 4.78 is 6.21. The number of ether oxygens (including phenoxy) is 1. The number of pyridine rings is 1. The zero-order valence-electron chi connectivity index (χ0n) is 15.1. The van der Waals surface area contributed by atoms with Gasteiger partial charge in [0.2, 0.25) is 0 Å². The second kappa shape index (κ2) is 9.51. The fourth-order valence-corrected chi connectivity index (χ4v) is 4.20. The van der Waals surface area contributed by atoms with Crippen LogP contribution in [0.15, 0.2) is 48.8 Å². The van der Waals surface area contributed by atoms with E-state index < -0.39 is 0 Å². The van der Waals surface area contributed by atoms with Gasteiger partial charge in [0.05, 0.1) is 5.02 Å². The zero-order valence-corrected chi connectivity index (χ0v) is 18.2. The maximum atomic E-state index is 6.37. The molecular formula is C21H20Cl4N2O. The van der Waals surface area contributed by atoms with Gasteiger partial charge in [0.1, 0.15) is 11.9 Å². The third-order valence-electron chi connectivity index (χ3n) is 4.93. The number of hydrogen-bond donors (Lipinski definition) is 0. The molecule has 1 aliphatic rings. The number of hydrogen-bond acceptors (Lipinski definition) is 3. The fraction of sp³-hybridized carbons (Fsp3) is 0.286. The molecule has 1 aliphatic heterocycles. The zero-order chi connectivity index (χ0) is 18.8. The molecule has 0 aliphatic carbocycles. The van der Waals surface area contributed by atoms with Crippen molar-refractivity contribution in [2.24, 2.45) is 0 Å². The molecule has 7 heteroatoms. The van der Waals surface area contributed by atoms with E-state index in [9.17, 15) is 0 Å². The Morgan fingerprint density at radius 3 is 2.54 bits per heavy atom. The number of likely N-dealkylation sites (tertiary alicyclic amines) is 1. The van der Waals surface area contributed by atoms with Crippen molar-refractivity contribution in [1.29, 1.82) is 0 Å². The number of benzene rings is 2. The minimum atomic E-state index is 0. The molecule has 0 unspecified atom stereocenters. The van der Waals surface area contributed by atoms with Crippen molar-refractivity contribution in [3.05, 3.63) is 69.4 Å². The van der Waals surface area contributed by atoms with Crippen LogP contribution in [0, 0.1) is 0 Å². The lowest BCUT2D eigenvalue weighted by molar-refractivity contribution is 0.0969. The molecule has 0 saturated carbocycles. The molecule has 3 nitrogen and oxygen atoms in total. The molecule has 0 bridgehead atoms. The van der Waals surface area contributed by atoms with E-state index in [1.807, 2.05) is 30.3 Å². The summed E-state index contributed by atoms with van der Waals surface area (Å²) >= 11 is 18.6. The SMILES string of the molecule is Cl.Clc1ccc(CN2CCC(Oc3cc(Cl)c4cnccc4c3)CC2)c(Cl)c1. The van der Waals surface area contributed by atoms with Crippen LogP contribution >= 0.6 is 47.2 Å². The van der Waals surface area contributed by atoms with Crippen molar-refractivity contribution in [3.63, 3.8) is 0 Å². The third-order valence-corrected chi connectivity index (χ3v) is 5.82. The molecule has 0 spiro atoms. The lowest BCUT2D eigenvalue weighted by atomic mass is 10.1. The van der Waals surface area contributed by atoms with Gasteiger partial charge in [-0.1, -0.05) is 40.9 Å². The number of piperidine rings is 1. The van der Waals surface area contributed by atoms with E-state index in [1.54, 1.807) is 18.5 Å². The Bertz CT molecular complexity index is 958. The van der Waals surface area contributed by atoms with Gasteiger partial charge in [-0.15, -0.1) is 12.4 Å². The first kappa shape index (κ1) is 21.5. The molecule has 0 atom stereocenters. The minimum absolute atomic E-state index is 0. The van der Waals surface area contributed by atoms with Gasteiger partial charge < -0.3 is 4.74 Å². The Kier molecular flexibility index (Phi) is 7.30. The Morgan fingerprint density at radius 2 is 1.79 bits per heavy atom. The van der Waals surface area contributed by atoms with E-state index in [0.717, 1.165) is 59.6 Å². The van der Waals surface area contributed by atoms with Crippen LogP contribution in [0.1, 0.15) is 18.4 Å². The predicted octanol–water partition coefficient (Wildman–Crippen LogP) is 6.66. The molecule has 1 fully saturated rings. The van der Waals surface area contributed by atoms with Crippen LogP contribution in [0.25, 0.3) is 10.8 Å². The van der Waals surface area contributed by atoms with Crippen LogP contribution in [-0.2, 0) is 6.54 Å². The number of nitrogens with zero attached hydrogens (tertiary/aromatic N) is 2. The fourth-order valence-electron chi connectivity index (χ4n) is 3.46. The van der Waals surface area contributed by atoms with Crippen molar-refractivity contribution in [3.8, 4) is 5.75 Å². The van der Waals surface area contributed by atoms with Gasteiger partial charge in [-0.3, -0.25) is 9.88 Å². The lowest BCUT2D eigenvalue weighted by Gasteiger charge is -2.32. The van der Waals surface area contributed by atoms with E-state index in [4.69, 9.17) is 39.5 Å². The summed E-state index contributed by atoms with van der Waals surface area (Å²) in [6.45, 7) is 2.77. The molecule has 0 amide bonds. The number of halogens is 4. The van der Waals surface area contributed by atoms with Crippen molar-refractivity contribution in [2.75, 3.05) is 13.1 Å². The van der Waals surface area contributed by atoms with E-state index >= 15 is 0 Å². The van der Waals surface area contributed by atoms with Gasteiger partial charge in [0.25, 0.3) is 0 Å². The summed E-state index contributed by atoms with van der Waals surface area (Å²) in [5.74, 6) is 0.817. The van der Waals surface area contributed by atoms with E-state index in [-0.39, 0.29) is 18.5 Å². The lowest BCUT2D eigenvalue weighted by Crippen LogP contribution is -2.37. The third kappa shape index (κ3) is 5.03. The quantitative estimate of drug-likeness (QED) is 0.437. The average molecular weight is 458 g/mol. The Hall–Kier alpha value is -1.23.